The number of hydrogen-bond donors (Lipinski definition) is 1. The van der Waals surface area contributed by atoms with E-state index in [0.29, 0.717) is 23.9 Å². The molecule has 0 aliphatic carbocycles. The third-order valence-corrected chi connectivity index (χ3v) is 9.82. The fourth-order valence-corrected chi connectivity index (χ4v) is 6.17. The van der Waals surface area contributed by atoms with Crippen LogP contribution in [-0.2, 0) is 32.7 Å². The van der Waals surface area contributed by atoms with Gasteiger partial charge in [-0.3, -0.25) is 18.6 Å². The maximum absolute atomic E-state index is 12.6. The van der Waals surface area contributed by atoms with Gasteiger partial charge in [0.1, 0.15) is 19.8 Å². The van der Waals surface area contributed by atoms with Gasteiger partial charge in [0.25, 0.3) is 0 Å². The van der Waals surface area contributed by atoms with Gasteiger partial charge in [0.15, 0.2) is 6.10 Å². The standard InChI is InChI=1S/C44H80NO8P/c1-6-8-10-12-14-16-18-20-22-24-26-28-30-32-34-36-43(46)50-40-42(41-52-54(48,49)51-39-38-45(3,4)5)53-44(47)37-35-33-31-29-27-25-23-21-19-17-15-13-11-9-7-2/h15,17,21,23,26-29,42H,6-14,16,18-20,22,24-25,30-41H2,1-5H3/p+1/b17-15+,23-21+,28-26+,29-27+/t42-/m1/s1. The summed E-state index contributed by atoms with van der Waals surface area (Å²) in [6, 6.07) is 0. The minimum Gasteiger partial charge on any atom is -0.462 e. The molecule has 0 aliphatic heterocycles. The average Bonchev–Trinajstić information content (AvgIpc) is 3.12. The molecule has 0 saturated heterocycles. The van der Waals surface area contributed by atoms with E-state index >= 15 is 0 Å². The van der Waals surface area contributed by atoms with Gasteiger partial charge in [0, 0.05) is 12.8 Å². The predicted molar refractivity (Wildman–Crippen MR) is 224 cm³/mol. The van der Waals surface area contributed by atoms with Crippen LogP contribution in [0.15, 0.2) is 48.6 Å². The van der Waals surface area contributed by atoms with E-state index in [2.05, 4.69) is 62.5 Å². The SMILES string of the molecule is CCCCC/C=C/C/C=C/C/C=C/CCCCC(=O)O[C@H](COC(=O)CCCC/C=C/CCCCCCCCCCC)COP(=O)(O)OCC[N+](C)(C)C. The number of phosphoric acid groups is 1. The van der Waals surface area contributed by atoms with Crippen molar-refractivity contribution in [3.05, 3.63) is 48.6 Å². The molecule has 54 heavy (non-hydrogen) atoms. The molecule has 0 spiro atoms. The van der Waals surface area contributed by atoms with Gasteiger partial charge in [0.2, 0.25) is 0 Å². The van der Waals surface area contributed by atoms with Crippen molar-refractivity contribution in [1.82, 2.24) is 0 Å². The van der Waals surface area contributed by atoms with Gasteiger partial charge in [-0.05, 0) is 77.0 Å². The summed E-state index contributed by atoms with van der Waals surface area (Å²) in [6.07, 6.45) is 41.6. The highest BCUT2D eigenvalue weighted by molar-refractivity contribution is 7.47. The first-order chi connectivity index (χ1) is 26.0. The molecule has 10 heteroatoms. The molecule has 0 fully saturated rings. The van der Waals surface area contributed by atoms with Crippen LogP contribution in [0, 0.1) is 0 Å². The van der Waals surface area contributed by atoms with Gasteiger partial charge in [-0.25, -0.2) is 4.57 Å². The Morgan fingerprint density at radius 3 is 1.54 bits per heavy atom. The highest BCUT2D eigenvalue weighted by Gasteiger charge is 2.27. The van der Waals surface area contributed by atoms with Crippen molar-refractivity contribution in [2.24, 2.45) is 0 Å². The molecule has 1 N–H and O–H groups in total. The summed E-state index contributed by atoms with van der Waals surface area (Å²) in [6.45, 7) is 4.31. The molecule has 0 rings (SSSR count). The lowest BCUT2D eigenvalue weighted by Gasteiger charge is -2.24. The Balaban J connectivity index is 4.48. The van der Waals surface area contributed by atoms with Gasteiger partial charge in [-0.15, -0.1) is 0 Å². The summed E-state index contributed by atoms with van der Waals surface area (Å²) in [7, 11) is 1.44. The topological polar surface area (TPSA) is 108 Å². The van der Waals surface area contributed by atoms with Gasteiger partial charge in [-0.2, -0.15) is 0 Å². The van der Waals surface area contributed by atoms with E-state index < -0.39 is 32.5 Å². The van der Waals surface area contributed by atoms with E-state index in [0.717, 1.165) is 51.4 Å². The number of carbonyl (C=O) groups is 2. The van der Waals surface area contributed by atoms with Crippen LogP contribution in [0.4, 0.5) is 0 Å². The van der Waals surface area contributed by atoms with Crippen LogP contribution in [-0.4, -0.2) is 74.9 Å². The molecule has 0 bridgehead atoms. The van der Waals surface area contributed by atoms with Gasteiger partial charge in [0.05, 0.1) is 27.7 Å². The van der Waals surface area contributed by atoms with E-state index in [1.54, 1.807) is 0 Å². The molecule has 0 aliphatic rings. The quantitative estimate of drug-likeness (QED) is 0.0217. The Kier molecular flexibility index (Phi) is 35.2. The molecular weight excluding hydrogens is 701 g/mol. The summed E-state index contributed by atoms with van der Waals surface area (Å²) >= 11 is 0. The van der Waals surface area contributed by atoms with Crippen molar-refractivity contribution in [2.75, 3.05) is 47.5 Å². The molecule has 1 unspecified atom stereocenters. The van der Waals surface area contributed by atoms with Crippen molar-refractivity contribution < 1.29 is 42.1 Å². The van der Waals surface area contributed by atoms with E-state index in [1.165, 1.54) is 77.0 Å². The maximum atomic E-state index is 12.6. The van der Waals surface area contributed by atoms with Crippen LogP contribution >= 0.6 is 7.82 Å². The summed E-state index contributed by atoms with van der Waals surface area (Å²) in [5.41, 5.74) is 0. The maximum Gasteiger partial charge on any atom is 0.472 e. The number of allylic oxidation sites excluding steroid dienone is 8. The van der Waals surface area contributed by atoms with E-state index in [9.17, 15) is 19.0 Å². The molecular formula is C44H81NO8P+. The second-order valence-electron chi connectivity index (χ2n) is 15.4. The lowest BCUT2D eigenvalue weighted by molar-refractivity contribution is -0.870. The Morgan fingerprint density at radius 2 is 1.00 bits per heavy atom. The minimum absolute atomic E-state index is 0.0203. The number of carbonyl (C=O) groups excluding carboxylic acids is 2. The average molecular weight is 783 g/mol. The normalized spacial score (nSPS) is 14.1. The van der Waals surface area contributed by atoms with Gasteiger partial charge < -0.3 is 18.9 Å². The summed E-state index contributed by atoms with van der Waals surface area (Å²) in [4.78, 5) is 35.3. The third-order valence-electron chi connectivity index (χ3n) is 8.83. The third kappa shape index (κ3) is 39.7. The highest BCUT2D eigenvalue weighted by atomic mass is 31.2. The first-order valence-corrected chi connectivity index (χ1v) is 22.9. The lowest BCUT2D eigenvalue weighted by atomic mass is 10.1. The number of phosphoric ester groups is 1. The van der Waals surface area contributed by atoms with Crippen LogP contribution < -0.4 is 0 Å². The molecule has 0 amide bonds. The number of hydrogen-bond acceptors (Lipinski definition) is 7. The number of unbranched alkanes of at least 4 members (excludes halogenated alkanes) is 16. The van der Waals surface area contributed by atoms with E-state index in [-0.39, 0.29) is 26.1 Å². The molecule has 0 aromatic carbocycles. The Labute approximate surface area is 331 Å². The van der Waals surface area contributed by atoms with E-state index in [4.69, 9.17) is 18.5 Å². The molecule has 0 aromatic rings. The van der Waals surface area contributed by atoms with Crippen molar-refractivity contribution in [3.8, 4) is 0 Å². The van der Waals surface area contributed by atoms with Crippen molar-refractivity contribution in [2.45, 2.75) is 174 Å². The number of esters is 2. The molecule has 0 saturated carbocycles. The van der Waals surface area contributed by atoms with Gasteiger partial charge in [-0.1, -0.05) is 127 Å². The summed E-state index contributed by atoms with van der Waals surface area (Å²) in [5.74, 6) is -0.871. The molecule has 0 aromatic heterocycles. The zero-order chi connectivity index (χ0) is 40.0. The number of nitrogens with zero attached hydrogens (tertiary/aromatic N) is 1. The monoisotopic (exact) mass is 783 g/mol. The Bertz CT molecular complexity index is 1070. The van der Waals surface area contributed by atoms with E-state index in [1.807, 2.05) is 21.1 Å². The molecule has 0 heterocycles. The van der Waals surface area contributed by atoms with Crippen LogP contribution in [0.1, 0.15) is 168 Å². The van der Waals surface area contributed by atoms with Crippen molar-refractivity contribution in [1.29, 1.82) is 0 Å². The highest BCUT2D eigenvalue weighted by Crippen LogP contribution is 2.43. The van der Waals surface area contributed by atoms with Gasteiger partial charge >= 0.3 is 19.8 Å². The zero-order valence-corrected chi connectivity index (χ0v) is 36.1. The largest absolute Gasteiger partial charge is 0.472 e. The zero-order valence-electron chi connectivity index (χ0n) is 35.2. The van der Waals surface area contributed by atoms with Crippen molar-refractivity contribution >= 4 is 19.8 Å². The van der Waals surface area contributed by atoms with Crippen LogP contribution in [0.5, 0.6) is 0 Å². The number of rotatable bonds is 38. The Morgan fingerprint density at radius 1 is 0.574 bits per heavy atom. The predicted octanol–water partition coefficient (Wildman–Crippen LogP) is 11.9. The fourth-order valence-electron chi connectivity index (χ4n) is 5.43. The molecule has 2 atom stereocenters. The molecule has 0 radical (unpaired) electrons. The van der Waals surface area contributed by atoms with Crippen molar-refractivity contribution in [3.63, 3.8) is 0 Å². The second-order valence-corrected chi connectivity index (χ2v) is 16.8. The molecule has 9 nitrogen and oxygen atoms in total. The fraction of sp³-hybridized carbons (Fsp3) is 0.773. The minimum atomic E-state index is -4.39. The first-order valence-electron chi connectivity index (χ1n) is 21.4. The summed E-state index contributed by atoms with van der Waals surface area (Å²) in [5, 5.41) is 0. The van der Waals surface area contributed by atoms with Crippen LogP contribution in [0.2, 0.25) is 0 Å². The number of ether oxygens (including phenoxy) is 2. The number of likely N-dealkylation sites (N-methyl/N-ethyl adjacent to an activating group) is 1. The molecule has 314 valence electrons. The summed E-state index contributed by atoms with van der Waals surface area (Å²) < 4.78 is 34.2. The first kappa shape index (κ1) is 52.0. The Hall–Kier alpha value is -2.03. The second kappa shape index (κ2) is 36.6. The number of quaternary nitrogens is 1. The smallest absolute Gasteiger partial charge is 0.462 e. The van der Waals surface area contributed by atoms with Crippen LogP contribution in [0.3, 0.4) is 0 Å². The van der Waals surface area contributed by atoms with Crippen LogP contribution in [0.25, 0.3) is 0 Å². The lowest BCUT2D eigenvalue weighted by Crippen LogP contribution is -2.37.